The van der Waals surface area contributed by atoms with Crippen LogP contribution in [-0.4, -0.2) is 18.1 Å². The molecule has 2 unspecified atom stereocenters. The van der Waals surface area contributed by atoms with Crippen molar-refractivity contribution >= 4 is 33.1 Å². The molecule has 1 aliphatic heterocycles. The van der Waals surface area contributed by atoms with Gasteiger partial charge in [-0.2, -0.15) is 0 Å². The van der Waals surface area contributed by atoms with Crippen molar-refractivity contribution in [3.8, 4) is 0 Å². The van der Waals surface area contributed by atoms with Gasteiger partial charge in [0.1, 0.15) is 4.60 Å². The quantitative estimate of drug-likeness (QED) is 0.803. The highest BCUT2D eigenvalue weighted by molar-refractivity contribution is 9.10. The molecule has 2 heterocycles. The molecule has 2 nitrogen and oxygen atoms in total. The number of allylic oxidation sites excluding steroid dienone is 1. The molecule has 0 amide bonds. The molecule has 1 fully saturated rings. The van der Waals surface area contributed by atoms with Crippen LogP contribution >= 0.6 is 27.5 Å². The van der Waals surface area contributed by atoms with Crippen molar-refractivity contribution in [3.63, 3.8) is 0 Å². The number of hydrogen-bond donors (Lipinski definition) is 1. The Hall–Kier alpha value is -0.380. The van der Waals surface area contributed by atoms with Gasteiger partial charge in [-0.05, 0) is 64.4 Å². The van der Waals surface area contributed by atoms with Crippen LogP contribution in [0.1, 0.15) is 18.4 Å². The number of fused-ring (bicyclic) bond motifs is 1. The average molecular weight is 314 g/mol. The van der Waals surface area contributed by atoms with E-state index in [0.29, 0.717) is 10.9 Å². The van der Waals surface area contributed by atoms with Gasteiger partial charge in [0.15, 0.2) is 0 Å². The van der Waals surface area contributed by atoms with Gasteiger partial charge in [-0.15, -0.1) is 0 Å². The van der Waals surface area contributed by atoms with E-state index in [4.69, 9.17) is 11.6 Å². The molecule has 0 saturated carbocycles. The van der Waals surface area contributed by atoms with Crippen LogP contribution in [0.15, 0.2) is 22.9 Å². The Morgan fingerprint density at radius 2 is 2.35 bits per heavy atom. The van der Waals surface area contributed by atoms with Gasteiger partial charge in [0.2, 0.25) is 0 Å². The Morgan fingerprint density at radius 1 is 1.47 bits per heavy atom. The molecule has 0 bridgehead atoms. The number of pyridine rings is 1. The number of hydrogen-bond acceptors (Lipinski definition) is 2. The summed E-state index contributed by atoms with van der Waals surface area (Å²) in [6.07, 6.45) is 6.76. The molecule has 2 atom stereocenters. The molecule has 90 valence electrons. The molecule has 3 rings (SSSR count). The van der Waals surface area contributed by atoms with E-state index < -0.39 is 0 Å². The molecular formula is C13H14BrClN2. The van der Waals surface area contributed by atoms with E-state index in [-0.39, 0.29) is 0 Å². The normalized spacial score (nSPS) is 27.8. The molecule has 1 N–H and O–H groups in total. The van der Waals surface area contributed by atoms with E-state index in [1.807, 2.05) is 12.3 Å². The molecule has 0 spiro atoms. The molecule has 1 saturated heterocycles. The fourth-order valence-electron chi connectivity index (χ4n) is 2.90. The van der Waals surface area contributed by atoms with Crippen LogP contribution in [0.4, 0.5) is 0 Å². The third-order valence-electron chi connectivity index (χ3n) is 3.79. The highest BCUT2D eigenvalue weighted by Gasteiger charge is 2.32. The number of rotatable bonds is 1. The lowest BCUT2D eigenvalue weighted by molar-refractivity contribution is 0.328. The lowest BCUT2D eigenvalue weighted by Crippen LogP contribution is -2.34. The first-order valence-corrected chi connectivity index (χ1v) is 7.15. The standard InChI is InChI=1S/C13H14BrClN2/c14-13-12(15)5-9(6-17-13)10-2-1-8-3-4-16-7-11(8)10/h2,5-6,8,11,16H,1,3-4,7H2. The minimum absolute atomic E-state index is 0.641. The third kappa shape index (κ3) is 2.16. The SMILES string of the molecule is Clc1cc(C2=CCC3CCNCC23)cnc1Br. The maximum Gasteiger partial charge on any atom is 0.124 e. The predicted molar refractivity (Wildman–Crippen MR) is 74.0 cm³/mol. The summed E-state index contributed by atoms with van der Waals surface area (Å²) in [4.78, 5) is 4.28. The molecular weight excluding hydrogens is 300 g/mol. The Morgan fingerprint density at radius 3 is 3.18 bits per heavy atom. The first kappa shape index (κ1) is 11.7. The summed E-state index contributed by atoms with van der Waals surface area (Å²) in [6, 6.07) is 2.02. The molecule has 17 heavy (non-hydrogen) atoms. The Balaban J connectivity index is 1.91. The molecule has 2 aliphatic rings. The van der Waals surface area contributed by atoms with Gasteiger partial charge < -0.3 is 5.32 Å². The highest BCUT2D eigenvalue weighted by Crippen LogP contribution is 2.41. The lowest BCUT2D eigenvalue weighted by Gasteiger charge is -2.28. The topological polar surface area (TPSA) is 24.9 Å². The minimum Gasteiger partial charge on any atom is -0.316 e. The van der Waals surface area contributed by atoms with Crippen LogP contribution < -0.4 is 5.32 Å². The summed E-state index contributed by atoms with van der Waals surface area (Å²) in [6.45, 7) is 2.24. The smallest absolute Gasteiger partial charge is 0.124 e. The van der Waals surface area contributed by atoms with Crippen molar-refractivity contribution in [3.05, 3.63) is 33.5 Å². The van der Waals surface area contributed by atoms with Crippen molar-refractivity contribution in [2.24, 2.45) is 11.8 Å². The van der Waals surface area contributed by atoms with Crippen molar-refractivity contribution in [2.75, 3.05) is 13.1 Å². The number of aromatic nitrogens is 1. The zero-order valence-corrected chi connectivity index (χ0v) is 11.8. The number of nitrogens with zero attached hydrogens (tertiary/aromatic N) is 1. The zero-order chi connectivity index (χ0) is 11.8. The molecule has 4 heteroatoms. The second-order valence-corrected chi connectivity index (χ2v) is 5.91. The van der Waals surface area contributed by atoms with Gasteiger partial charge in [0.25, 0.3) is 0 Å². The van der Waals surface area contributed by atoms with Crippen LogP contribution in [0.2, 0.25) is 5.02 Å². The van der Waals surface area contributed by atoms with Gasteiger partial charge in [-0.3, -0.25) is 0 Å². The molecule has 1 aliphatic carbocycles. The Labute approximate surface area is 115 Å². The van der Waals surface area contributed by atoms with Crippen molar-refractivity contribution in [2.45, 2.75) is 12.8 Å². The fourth-order valence-corrected chi connectivity index (χ4v) is 3.28. The first-order chi connectivity index (χ1) is 8.25. The summed E-state index contributed by atoms with van der Waals surface area (Å²) >= 11 is 9.45. The van der Waals surface area contributed by atoms with Gasteiger partial charge in [0.05, 0.1) is 5.02 Å². The number of piperidine rings is 1. The predicted octanol–water partition coefficient (Wildman–Crippen LogP) is 3.51. The van der Waals surface area contributed by atoms with E-state index in [0.717, 1.165) is 23.6 Å². The van der Waals surface area contributed by atoms with Crippen LogP contribution in [0.25, 0.3) is 5.57 Å². The lowest BCUT2D eigenvalue weighted by atomic mass is 9.84. The second kappa shape index (κ2) is 4.71. The third-order valence-corrected chi connectivity index (χ3v) is 4.94. The summed E-state index contributed by atoms with van der Waals surface area (Å²) in [5, 5.41) is 4.17. The van der Waals surface area contributed by atoms with Gasteiger partial charge in [-0.25, -0.2) is 4.98 Å². The Bertz CT molecular complexity index is 472. The maximum absolute atomic E-state index is 6.12. The highest BCUT2D eigenvalue weighted by atomic mass is 79.9. The molecule has 0 radical (unpaired) electrons. The maximum atomic E-state index is 6.12. The largest absolute Gasteiger partial charge is 0.316 e. The van der Waals surface area contributed by atoms with Crippen LogP contribution in [0.5, 0.6) is 0 Å². The van der Waals surface area contributed by atoms with E-state index in [1.54, 1.807) is 0 Å². The van der Waals surface area contributed by atoms with Gasteiger partial charge in [0, 0.05) is 12.7 Å². The van der Waals surface area contributed by atoms with E-state index >= 15 is 0 Å². The summed E-state index contributed by atoms with van der Waals surface area (Å²) in [7, 11) is 0. The van der Waals surface area contributed by atoms with Gasteiger partial charge >= 0.3 is 0 Å². The monoisotopic (exact) mass is 312 g/mol. The van der Waals surface area contributed by atoms with Crippen LogP contribution in [-0.2, 0) is 0 Å². The van der Waals surface area contributed by atoms with Crippen LogP contribution in [0, 0.1) is 11.8 Å². The van der Waals surface area contributed by atoms with Crippen molar-refractivity contribution in [1.82, 2.24) is 10.3 Å². The van der Waals surface area contributed by atoms with Crippen LogP contribution in [0.3, 0.4) is 0 Å². The van der Waals surface area contributed by atoms with E-state index in [9.17, 15) is 0 Å². The first-order valence-electron chi connectivity index (χ1n) is 5.98. The second-order valence-electron chi connectivity index (χ2n) is 4.75. The minimum atomic E-state index is 0.641. The van der Waals surface area contributed by atoms with Crippen molar-refractivity contribution < 1.29 is 0 Å². The van der Waals surface area contributed by atoms with Gasteiger partial charge in [-0.1, -0.05) is 17.7 Å². The van der Waals surface area contributed by atoms with E-state index in [2.05, 4.69) is 32.3 Å². The van der Waals surface area contributed by atoms with Crippen molar-refractivity contribution in [1.29, 1.82) is 0 Å². The number of halogens is 2. The average Bonchev–Trinajstić information content (AvgIpc) is 2.76. The zero-order valence-electron chi connectivity index (χ0n) is 9.42. The summed E-state index contributed by atoms with van der Waals surface area (Å²) in [5.41, 5.74) is 2.60. The Kier molecular flexibility index (Phi) is 3.24. The summed E-state index contributed by atoms with van der Waals surface area (Å²) in [5.74, 6) is 1.46. The summed E-state index contributed by atoms with van der Waals surface area (Å²) < 4.78 is 0.722. The molecule has 0 aromatic carbocycles. The number of nitrogens with one attached hydrogen (secondary N) is 1. The fraction of sp³-hybridized carbons (Fsp3) is 0.462. The van der Waals surface area contributed by atoms with E-state index in [1.165, 1.54) is 24.0 Å². The molecule has 1 aromatic heterocycles. The molecule has 1 aromatic rings.